The summed E-state index contributed by atoms with van der Waals surface area (Å²) in [6, 6.07) is 7.98. The van der Waals surface area contributed by atoms with Gasteiger partial charge in [-0.3, -0.25) is 0 Å². The van der Waals surface area contributed by atoms with Gasteiger partial charge < -0.3 is 10.6 Å². The molecule has 2 aromatic rings. The van der Waals surface area contributed by atoms with Gasteiger partial charge in [0.25, 0.3) is 0 Å². The number of nitrogens with zero attached hydrogens (tertiary/aromatic N) is 4. The Balaban J connectivity index is 2.52. The predicted octanol–water partition coefficient (Wildman–Crippen LogP) is 1.50. The van der Waals surface area contributed by atoms with E-state index in [9.17, 15) is 0 Å². The monoisotopic (exact) mass is 229 g/mol. The van der Waals surface area contributed by atoms with E-state index in [4.69, 9.17) is 5.73 Å². The summed E-state index contributed by atoms with van der Waals surface area (Å²) in [6.45, 7) is 2.03. The molecule has 0 bridgehead atoms. The fraction of sp³-hybridized carbons (Fsp3) is 0.250. The minimum absolute atomic E-state index is 0.236. The Labute approximate surface area is 100 Å². The van der Waals surface area contributed by atoms with Crippen molar-refractivity contribution >= 4 is 11.9 Å². The van der Waals surface area contributed by atoms with Gasteiger partial charge in [0.2, 0.25) is 11.9 Å². The molecule has 1 heterocycles. The van der Waals surface area contributed by atoms with Crippen molar-refractivity contribution in [3.05, 3.63) is 29.8 Å². The molecule has 1 aromatic carbocycles. The van der Waals surface area contributed by atoms with E-state index >= 15 is 0 Å². The number of aromatic nitrogens is 3. The van der Waals surface area contributed by atoms with E-state index in [0.717, 1.165) is 11.1 Å². The van der Waals surface area contributed by atoms with Gasteiger partial charge in [-0.25, -0.2) is 0 Å². The molecule has 0 spiro atoms. The van der Waals surface area contributed by atoms with Gasteiger partial charge in [0.1, 0.15) is 0 Å². The zero-order chi connectivity index (χ0) is 12.4. The van der Waals surface area contributed by atoms with Crippen molar-refractivity contribution in [2.45, 2.75) is 6.92 Å². The van der Waals surface area contributed by atoms with Crippen molar-refractivity contribution in [1.29, 1.82) is 0 Å². The van der Waals surface area contributed by atoms with E-state index in [1.807, 2.05) is 45.3 Å². The van der Waals surface area contributed by atoms with E-state index in [1.165, 1.54) is 0 Å². The first-order valence-corrected chi connectivity index (χ1v) is 5.32. The van der Waals surface area contributed by atoms with Crippen LogP contribution in [0.25, 0.3) is 11.4 Å². The van der Waals surface area contributed by atoms with Crippen molar-refractivity contribution in [2.75, 3.05) is 24.7 Å². The second kappa shape index (κ2) is 4.37. The topological polar surface area (TPSA) is 67.9 Å². The SMILES string of the molecule is Cc1cccc(-c2nc(N)nc(N(C)C)n2)c1. The van der Waals surface area contributed by atoms with Crippen LogP contribution >= 0.6 is 0 Å². The standard InChI is InChI=1S/C12H15N5/c1-8-5-4-6-9(7-8)10-14-11(13)16-12(15-10)17(2)3/h4-7H,1-3H3,(H2,13,14,15,16). The predicted molar refractivity (Wildman–Crippen MR) is 68.7 cm³/mol. The van der Waals surface area contributed by atoms with E-state index in [0.29, 0.717) is 11.8 Å². The van der Waals surface area contributed by atoms with Crippen LogP contribution in [0.5, 0.6) is 0 Å². The molecule has 2 rings (SSSR count). The molecular weight excluding hydrogens is 214 g/mol. The summed E-state index contributed by atoms with van der Waals surface area (Å²) in [5.41, 5.74) is 7.79. The molecule has 0 saturated heterocycles. The maximum atomic E-state index is 5.68. The summed E-state index contributed by atoms with van der Waals surface area (Å²) >= 11 is 0. The fourth-order valence-corrected chi connectivity index (χ4v) is 1.49. The third-order valence-corrected chi connectivity index (χ3v) is 2.32. The lowest BCUT2D eigenvalue weighted by Crippen LogP contribution is -2.15. The Kier molecular flexibility index (Phi) is 2.91. The largest absolute Gasteiger partial charge is 0.368 e. The average molecular weight is 229 g/mol. The Morgan fingerprint density at radius 3 is 2.53 bits per heavy atom. The zero-order valence-corrected chi connectivity index (χ0v) is 10.2. The highest BCUT2D eigenvalue weighted by molar-refractivity contribution is 5.58. The van der Waals surface area contributed by atoms with Crippen LogP contribution in [0.15, 0.2) is 24.3 Å². The number of nitrogen functional groups attached to an aromatic ring is 1. The lowest BCUT2D eigenvalue weighted by atomic mass is 10.1. The summed E-state index contributed by atoms with van der Waals surface area (Å²) in [6.07, 6.45) is 0. The van der Waals surface area contributed by atoms with Gasteiger partial charge in [0, 0.05) is 19.7 Å². The van der Waals surface area contributed by atoms with Crippen LogP contribution in [0.1, 0.15) is 5.56 Å². The maximum absolute atomic E-state index is 5.68. The first kappa shape index (κ1) is 11.3. The van der Waals surface area contributed by atoms with Gasteiger partial charge in [-0.05, 0) is 13.0 Å². The molecule has 0 aliphatic heterocycles. The van der Waals surface area contributed by atoms with Gasteiger partial charge in [-0.2, -0.15) is 15.0 Å². The number of nitrogens with two attached hydrogens (primary N) is 1. The molecule has 88 valence electrons. The van der Waals surface area contributed by atoms with Crippen molar-refractivity contribution in [1.82, 2.24) is 15.0 Å². The average Bonchev–Trinajstić information content (AvgIpc) is 2.28. The Bertz CT molecular complexity index is 536. The molecule has 17 heavy (non-hydrogen) atoms. The van der Waals surface area contributed by atoms with Crippen molar-refractivity contribution in [2.24, 2.45) is 0 Å². The highest BCUT2D eigenvalue weighted by Gasteiger charge is 2.07. The number of benzene rings is 1. The number of hydrogen-bond acceptors (Lipinski definition) is 5. The summed E-state index contributed by atoms with van der Waals surface area (Å²) in [5.74, 6) is 1.40. The molecule has 0 saturated carbocycles. The Hall–Kier alpha value is -2.17. The summed E-state index contributed by atoms with van der Waals surface area (Å²) in [7, 11) is 3.74. The second-order valence-electron chi connectivity index (χ2n) is 4.08. The highest BCUT2D eigenvalue weighted by atomic mass is 15.3. The number of hydrogen-bond donors (Lipinski definition) is 1. The van der Waals surface area contributed by atoms with Crippen LogP contribution in [0.2, 0.25) is 0 Å². The van der Waals surface area contributed by atoms with Crippen molar-refractivity contribution < 1.29 is 0 Å². The van der Waals surface area contributed by atoms with Gasteiger partial charge in [0.05, 0.1) is 0 Å². The molecule has 0 aliphatic carbocycles. The zero-order valence-electron chi connectivity index (χ0n) is 10.2. The third-order valence-electron chi connectivity index (χ3n) is 2.32. The molecule has 0 unspecified atom stereocenters. The van der Waals surface area contributed by atoms with Crippen LogP contribution in [0.4, 0.5) is 11.9 Å². The van der Waals surface area contributed by atoms with Crippen molar-refractivity contribution in [3.8, 4) is 11.4 Å². The number of anilines is 2. The van der Waals surface area contributed by atoms with E-state index in [1.54, 1.807) is 4.90 Å². The summed E-state index contributed by atoms with van der Waals surface area (Å²) < 4.78 is 0. The van der Waals surface area contributed by atoms with Crippen LogP contribution in [-0.2, 0) is 0 Å². The Morgan fingerprint density at radius 2 is 1.88 bits per heavy atom. The molecule has 0 aliphatic rings. The summed E-state index contributed by atoms with van der Waals surface area (Å²) in [4.78, 5) is 14.4. The number of rotatable bonds is 2. The molecule has 0 amide bonds. The summed E-state index contributed by atoms with van der Waals surface area (Å²) in [5, 5.41) is 0. The molecule has 1 aromatic heterocycles. The van der Waals surface area contributed by atoms with E-state index < -0.39 is 0 Å². The first-order chi connectivity index (χ1) is 8.06. The van der Waals surface area contributed by atoms with Gasteiger partial charge in [0.15, 0.2) is 5.82 Å². The molecule has 0 radical (unpaired) electrons. The normalized spacial score (nSPS) is 10.3. The molecule has 0 fully saturated rings. The van der Waals surface area contributed by atoms with Crippen LogP contribution in [0, 0.1) is 6.92 Å². The maximum Gasteiger partial charge on any atom is 0.230 e. The van der Waals surface area contributed by atoms with Gasteiger partial charge >= 0.3 is 0 Å². The van der Waals surface area contributed by atoms with Crippen LogP contribution in [0.3, 0.4) is 0 Å². The quantitative estimate of drug-likeness (QED) is 0.845. The van der Waals surface area contributed by atoms with Gasteiger partial charge in [-0.1, -0.05) is 23.8 Å². The highest BCUT2D eigenvalue weighted by Crippen LogP contribution is 2.18. The lowest BCUT2D eigenvalue weighted by Gasteiger charge is -2.11. The smallest absolute Gasteiger partial charge is 0.230 e. The lowest BCUT2D eigenvalue weighted by molar-refractivity contribution is 0.970. The van der Waals surface area contributed by atoms with Crippen LogP contribution < -0.4 is 10.6 Å². The van der Waals surface area contributed by atoms with E-state index in [-0.39, 0.29) is 5.95 Å². The minimum atomic E-state index is 0.236. The molecule has 5 heteroatoms. The molecule has 5 nitrogen and oxygen atoms in total. The second-order valence-corrected chi connectivity index (χ2v) is 4.08. The Morgan fingerprint density at radius 1 is 1.12 bits per heavy atom. The molecular formula is C12H15N5. The molecule has 2 N–H and O–H groups in total. The fourth-order valence-electron chi connectivity index (χ4n) is 1.49. The van der Waals surface area contributed by atoms with Crippen molar-refractivity contribution in [3.63, 3.8) is 0 Å². The third kappa shape index (κ3) is 2.50. The number of aryl methyl sites for hydroxylation is 1. The first-order valence-electron chi connectivity index (χ1n) is 5.32. The molecule has 0 atom stereocenters. The van der Waals surface area contributed by atoms with E-state index in [2.05, 4.69) is 15.0 Å². The van der Waals surface area contributed by atoms with Gasteiger partial charge in [-0.15, -0.1) is 0 Å². The van der Waals surface area contributed by atoms with Crippen LogP contribution in [-0.4, -0.2) is 29.0 Å². The minimum Gasteiger partial charge on any atom is -0.368 e.